The summed E-state index contributed by atoms with van der Waals surface area (Å²) >= 11 is 0. The number of nitrogens with two attached hydrogens (primary N) is 1. The van der Waals surface area contributed by atoms with Gasteiger partial charge in [0.2, 0.25) is 5.91 Å². The molecule has 3 amide bonds. The smallest absolute Gasteiger partial charge is 0.317 e. The van der Waals surface area contributed by atoms with Gasteiger partial charge in [-0.1, -0.05) is 20.8 Å². The van der Waals surface area contributed by atoms with Crippen molar-refractivity contribution in [3.63, 3.8) is 0 Å². The van der Waals surface area contributed by atoms with Crippen LogP contribution in [0.3, 0.4) is 0 Å². The van der Waals surface area contributed by atoms with Gasteiger partial charge in [-0.2, -0.15) is 0 Å². The Labute approximate surface area is 127 Å². The van der Waals surface area contributed by atoms with Gasteiger partial charge in [0.1, 0.15) is 0 Å². The normalized spacial score (nSPS) is 22.4. The summed E-state index contributed by atoms with van der Waals surface area (Å²) < 4.78 is 0. The Hall–Kier alpha value is -1.30. The number of amides is 3. The van der Waals surface area contributed by atoms with E-state index < -0.39 is 0 Å². The number of carbonyl (C=O) groups is 2. The fourth-order valence-electron chi connectivity index (χ4n) is 2.89. The molecular formula is C15H28N4O2. The van der Waals surface area contributed by atoms with Crippen molar-refractivity contribution in [3.8, 4) is 0 Å². The Morgan fingerprint density at radius 3 is 2.43 bits per heavy atom. The number of piperidine rings is 1. The van der Waals surface area contributed by atoms with Gasteiger partial charge in [0.25, 0.3) is 0 Å². The van der Waals surface area contributed by atoms with E-state index in [0.29, 0.717) is 6.42 Å². The van der Waals surface area contributed by atoms with Gasteiger partial charge in [0.05, 0.1) is 0 Å². The van der Waals surface area contributed by atoms with Crippen LogP contribution in [0.5, 0.6) is 0 Å². The second kappa shape index (κ2) is 6.22. The number of likely N-dealkylation sites (tertiary alicyclic amines) is 1. The maximum absolute atomic E-state index is 12.3. The van der Waals surface area contributed by atoms with Crippen molar-refractivity contribution >= 4 is 11.9 Å². The van der Waals surface area contributed by atoms with Crippen LogP contribution in [-0.2, 0) is 4.79 Å². The second-order valence-electron chi connectivity index (χ2n) is 7.21. The molecule has 6 heteroatoms. The molecule has 0 aliphatic carbocycles. The lowest BCUT2D eigenvalue weighted by atomic mass is 9.85. The molecule has 3 N–H and O–H groups in total. The van der Waals surface area contributed by atoms with Crippen molar-refractivity contribution in [2.45, 2.75) is 52.1 Å². The van der Waals surface area contributed by atoms with Gasteiger partial charge in [0.15, 0.2) is 0 Å². The molecule has 2 rings (SSSR count). The largest absolute Gasteiger partial charge is 0.342 e. The third-order valence-electron chi connectivity index (χ3n) is 4.65. The van der Waals surface area contributed by atoms with Gasteiger partial charge in [-0.15, -0.1) is 0 Å². The SMILES string of the molecule is CC(C)(C)C(N)CC(=O)N1CCC(N2CCNC2=O)CC1. The van der Waals surface area contributed by atoms with E-state index in [1.807, 2.05) is 9.80 Å². The van der Waals surface area contributed by atoms with E-state index in [9.17, 15) is 9.59 Å². The van der Waals surface area contributed by atoms with Gasteiger partial charge in [-0.3, -0.25) is 4.79 Å². The number of urea groups is 1. The van der Waals surface area contributed by atoms with Crippen LogP contribution in [-0.4, -0.2) is 60.0 Å². The topological polar surface area (TPSA) is 78.7 Å². The minimum Gasteiger partial charge on any atom is -0.342 e. The zero-order chi connectivity index (χ0) is 15.6. The molecule has 0 aromatic carbocycles. The zero-order valence-corrected chi connectivity index (χ0v) is 13.4. The molecule has 2 saturated heterocycles. The predicted molar refractivity (Wildman–Crippen MR) is 81.8 cm³/mol. The fourth-order valence-corrected chi connectivity index (χ4v) is 2.89. The van der Waals surface area contributed by atoms with Crippen molar-refractivity contribution in [2.24, 2.45) is 11.1 Å². The van der Waals surface area contributed by atoms with Gasteiger partial charge in [0, 0.05) is 44.7 Å². The lowest BCUT2D eigenvalue weighted by Crippen LogP contribution is -2.49. The zero-order valence-electron chi connectivity index (χ0n) is 13.4. The predicted octanol–water partition coefficient (Wildman–Crippen LogP) is 0.766. The van der Waals surface area contributed by atoms with Crippen LogP contribution in [0, 0.1) is 5.41 Å². The summed E-state index contributed by atoms with van der Waals surface area (Å²) in [5.41, 5.74) is 6.04. The minimum absolute atomic E-state index is 0.0366. The van der Waals surface area contributed by atoms with Crippen LogP contribution in [0.25, 0.3) is 0 Å². The minimum atomic E-state index is -0.118. The number of nitrogens with zero attached hydrogens (tertiary/aromatic N) is 2. The standard InChI is InChI=1S/C15H28N4O2/c1-15(2,3)12(16)10-13(20)18-7-4-11(5-8-18)19-9-6-17-14(19)21/h11-12H,4-10,16H2,1-3H3,(H,17,21). The molecule has 2 aliphatic heterocycles. The van der Waals surface area contributed by atoms with E-state index in [1.165, 1.54) is 0 Å². The lowest BCUT2D eigenvalue weighted by molar-refractivity contribution is -0.133. The van der Waals surface area contributed by atoms with Crippen molar-refractivity contribution in [1.82, 2.24) is 15.1 Å². The van der Waals surface area contributed by atoms with E-state index in [4.69, 9.17) is 5.73 Å². The monoisotopic (exact) mass is 296 g/mol. The highest BCUT2D eigenvalue weighted by Crippen LogP contribution is 2.23. The quantitative estimate of drug-likeness (QED) is 0.807. The van der Waals surface area contributed by atoms with E-state index in [1.54, 1.807) is 0 Å². The Kier molecular flexibility index (Phi) is 4.76. The molecule has 2 fully saturated rings. The van der Waals surface area contributed by atoms with Crippen LogP contribution in [0.15, 0.2) is 0 Å². The molecule has 0 bridgehead atoms. The van der Waals surface area contributed by atoms with E-state index >= 15 is 0 Å². The maximum atomic E-state index is 12.3. The summed E-state index contributed by atoms with van der Waals surface area (Å²) in [5.74, 6) is 0.141. The average molecular weight is 296 g/mol. The molecule has 2 heterocycles. The molecule has 0 spiro atoms. The van der Waals surface area contributed by atoms with Gasteiger partial charge in [-0.25, -0.2) is 4.79 Å². The van der Waals surface area contributed by atoms with Crippen molar-refractivity contribution in [3.05, 3.63) is 0 Å². The fraction of sp³-hybridized carbons (Fsp3) is 0.867. The Morgan fingerprint density at radius 1 is 1.33 bits per heavy atom. The van der Waals surface area contributed by atoms with Crippen molar-refractivity contribution < 1.29 is 9.59 Å². The van der Waals surface area contributed by atoms with Crippen molar-refractivity contribution in [1.29, 1.82) is 0 Å². The first-order chi connectivity index (χ1) is 9.79. The molecule has 2 aliphatic rings. The third kappa shape index (κ3) is 3.87. The summed E-state index contributed by atoms with van der Waals surface area (Å²) in [4.78, 5) is 27.8. The molecule has 1 unspecified atom stereocenters. The first-order valence-electron chi connectivity index (χ1n) is 7.87. The molecule has 0 aromatic heterocycles. The number of carbonyl (C=O) groups excluding carboxylic acids is 2. The summed E-state index contributed by atoms with van der Waals surface area (Å²) in [6, 6.07) is 0.189. The first kappa shape index (κ1) is 16.1. The van der Waals surface area contributed by atoms with Crippen LogP contribution >= 0.6 is 0 Å². The van der Waals surface area contributed by atoms with Gasteiger partial charge in [-0.05, 0) is 18.3 Å². The van der Waals surface area contributed by atoms with Crippen molar-refractivity contribution in [2.75, 3.05) is 26.2 Å². The van der Waals surface area contributed by atoms with Crippen LogP contribution in [0.4, 0.5) is 4.79 Å². The average Bonchev–Trinajstić information content (AvgIpc) is 2.84. The highest BCUT2D eigenvalue weighted by atomic mass is 16.2. The molecular weight excluding hydrogens is 268 g/mol. The van der Waals surface area contributed by atoms with Crippen LogP contribution in [0.1, 0.15) is 40.0 Å². The van der Waals surface area contributed by atoms with E-state index in [0.717, 1.165) is 39.0 Å². The van der Waals surface area contributed by atoms with Gasteiger partial charge >= 0.3 is 6.03 Å². The van der Waals surface area contributed by atoms with E-state index in [2.05, 4.69) is 26.1 Å². The summed E-state index contributed by atoms with van der Waals surface area (Å²) in [6.45, 7) is 9.15. The lowest BCUT2D eigenvalue weighted by Gasteiger charge is -2.37. The third-order valence-corrected chi connectivity index (χ3v) is 4.65. The Bertz CT molecular complexity index is 397. The summed E-state index contributed by atoms with van der Waals surface area (Å²) in [5, 5.41) is 2.83. The summed E-state index contributed by atoms with van der Waals surface area (Å²) in [6.07, 6.45) is 2.13. The Balaban J connectivity index is 1.81. The first-order valence-corrected chi connectivity index (χ1v) is 7.87. The van der Waals surface area contributed by atoms with E-state index in [-0.39, 0.29) is 29.4 Å². The number of hydrogen-bond acceptors (Lipinski definition) is 3. The highest BCUT2D eigenvalue weighted by Gasteiger charge is 2.33. The molecule has 0 radical (unpaired) electrons. The molecule has 6 nitrogen and oxygen atoms in total. The number of nitrogens with one attached hydrogen (secondary N) is 1. The molecule has 1 atom stereocenters. The maximum Gasteiger partial charge on any atom is 0.317 e. The van der Waals surface area contributed by atoms with Crippen LogP contribution < -0.4 is 11.1 Å². The number of rotatable bonds is 3. The molecule has 21 heavy (non-hydrogen) atoms. The number of hydrogen-bond donors (Lipinski definition) is 2. The second-order valence-corrected chi connectivity index (χ2v) is 7.21. The summed E-state index contributed by atoms with van der Waals surface area (Å²) in [7, 11) is 0. The highest BCUT2D eigenvalue weighted by molar-refractivity contribution is 5.78. The van der Waals surface area contributed by atoms with Gasteiger partial charge < -0.3 is 20.9 Å². The van der Waals surface area contributed by atoms with Crippen LogP contribution in [0.2, 0.25) is 0 Å². The Morgan fingerprint density at radius 2 is 1.95 bits per heavy atom. The molecule has 0 aromatic rings. The molecule has 0 saturated carbocycles. The molecule has 120 valence electrons.